The average Bonchev–Trinajstić information content (AvgIpc) is 3.12. The molecule has 0 fully saturated rings. The van der Waals surface area contributed by atoms with E-state index in [9.17, 15) is 10.1 Å². The molecule has 0 saturated carbocycles. The molecule has 0 amide bonds. The van der Waals surface area contributed by atoms with E-state index >= 15 is 0 Å². The summed E-state index contributed by atoms with van der Waals surface area (Å²) in [4.78, 5) is 14.9. The first-order valence-electron chi connectivity index (χ1n) is 7.88. The lowest BCUT2D eigenvalue weighted by Gasteiger charge is -2.02. The second-order valence-corrected chi connectivity index (χ2v) is 6.08. The normalized spacial score (nSPS) is 10.8. The summed E-state index contributed by atoms with van der Waals surface area (Å²) in [6.07, 6.45) is 1.68. The fourth-order valence-corrected chi connectivity index (χ4v) is 2.88. The highest BCUT2D eigenvalue weighted by Crippen LogP contribution is 2.27. The van der Waals surface area contributed by atoms with Gasteiger partial charge in [0.15, 0.2) is 0 Å². The van der Waals surface area contributed by atoms with Crippen molar-refractivity contribution < 1.29 is 9.66 Å². The number of non-ortho nitro benzene ring substituents is 1. The minimum absolute atomic E-state index is 0.0403. The third-order valence-electron chi connectivity index (χ3n) is 3.42. The van der Waals surface area contributed by atoms with Gasteiger partial charge in [0.05, 0.1) is 23.4 Å². The zero-order valence-electron chi connectivity index (χ0n) is 14.0. The van der Waals surface area contributed by atoms with E-state index in [1.54, 1.807) is 18.3 Å². The topological polar surface area (TPSA) is 89.7 Å². The Kier molecular flexibility index (Phi) is 5.55. The monoisotopic (exact) mass is 368 g/mol. The number of anilines is 1. The molecule has 0 aliphatic heterocycles. The summed E-state index contributed by atoms with van der Waals surface area (Å²) in [6, 6.07) is 14.0. The highest BCUT2D eigenvalue weighted by atomic mass is 32.1. The van der Waals surface area contributed by atoms with Crippen molar-refractivity contribution in [3.63, 3.8) is 0 Å². The predicted octanol–water partition coefficient (Wildman–Crippen LogP) is 4.56. The van der Waals surface area contributed by atoms with Gasteiger partial charge in [0.25, 0.3) is 5.69 Å². The third-order valence-corrected chi connectivity index (χ3v) is 4.17. The zero-order chi connectivity index (χ0) is 18.4. The molecule has 0 bridgehead atoms. The second kappa shape index (κ2) is 8.21. The maximum absolute atomic E-state index is 10.9. The Morgan fingerprint density at radius 3 is 2.85 bits per heavy atom. The molecule has 0 aliphatic rings. The summed E-state index contributed by atoms with van der Waals surface area (Å²) in [5.41, 5.74) is 5.20. The van der Waals surface area contributed by atoms with E-state index in [0.717, 1.165) is 11.3 Å². The molecule has 132 valence electrons. The summed E-state index contributed by atoms with van der Waals surface area (Å²) in [5, 5.41) is 17.5. The molecule has 2 aromatic carbocycles. The third kappa shape index (κ3) is 4.42. The Hall–Kier alpha value is -3.26. The van der Waals surface area contributed by atoms with Gasteiger partial charge >= 0.3 is 0 Å². The number of nitrogens with zero attached hydrogens (tertiary/aromatic N) is 3. The number of nitro benzene ring substituents is 1. The minimum atomic E-state index is -0.420. The van der Waals surface area contributed by atoms with Crippen molar-refractivity contribution in [2.45, 2.75) is 6.92 Å². The second-order valence-electron chi connectivity index (χ2n) is 5.22. The average molecular weight is 368 g/mol. The molecule has 1 N–H and O–H groups in total. The number of aromatic nitrogens is 1. The van der Waals surface area contributed by atoms with Crippen molar-refractivity contribution >= 4 is 28.4 Å². The zero-order valence-corrected chi connectivity index (χ0v) is 14.8. The van der Waals surface area contributed by atoms with E-state index in [0.29, 0.717) is 23.0 Å². The Morgan fingerprint density at radius 1 is 1.31 bits per heavy atom. The molecule has 0 spiro atoms. The molecular weight excluding hydrogens is 352 g/mol. The number of hydrazone groups is 1. The Morgan fingerprint density at radius 2 is 2.12 bits per heavy atom. The van der Waals surface area contributed by atoms with Gasteiger partial charge in [0, 0.05) is 23.1 Å². The first kappa shape index (κ1) is 17.6. The number of benzene rings is 2. The number of hydrogen-bond donors (Lipinski definition) is 1. The summed E-state index contributed by atoms with van der Waals surface area (Å²) in [5.74, 6) is 0.819. The van der Waals surface area contributed by atoms with E-state index in [4.69, 9.17) is 4.74 Å². The van der Waals surface area contributed by atoms with Gasteiger partial charge in [0.1, 0.15) is 5.75 Å². The van der Waals surface area contributed by atoms with Crippen LogP contribution in [0, 0.1) is 10.1 Å². The highest BCUT2D eigenvalue weighted by Gasteiger charge is 2.09. The van der Waals surface area contributed by atoms with Gasteiger partial charge < -0.3 is 4.74 Å². The number of nitrogens with one attached hydrogen (secondary N) is 1. The van der Waals surface area contributed by atoms with Gasteiger partial charge in [-0.3, -0.25) is 15.5 Å². The van der Waals surface area contributed by atoms with Gasteiger partial charge in [0.2, 0.25) is 5.13 Å². The van der Waals surface area contributed by atoms with Gasteiger partial charge in [-0.25, -0.2) is 4.98 Å². The van der Waals surface area contributed by atoms with Gasteiger partial charge in [-0.05, 0) is 36.8 Å². The maximum atomic E-state index is 10.9. The Bertz CT molecular complexity index is 922. The van der Waals surface area contributed by atoms with Crippen LogP contribution in [0.4, 0.5) is 10.8 Å². The number of nitro groups is 1. The highest BCUT2D eigenvalue weighted by molar-refractivity contribution is 7.14. The van der Waals surface area contributed by atoms with Crippen LogP contribution in [0.1, 0.15) is 12.5 Å². The fourth-order valence-electron chi connectivity index (χ4n) is 2.22. The van der Waals surface area contributed by atoms with Crippen molar-refractivity contribution in [2.75, 3.05) is 12.0 Å². The van der Waals surface area contributed by atoms with Crippen LogP contribution in [-0.4, -0.2) is 22.7 Å². The maximum Gasteiger partial charge on any atom is 0.270 e. The van der Waals surface area contributed by atoms with Crippen molar-refractivity contribution in [1.82, 2.24) is 4.98 Å². The molecule has 0 unspecified atom stereocenters. The molecule has 0 radical (unpaired) electrons. The van der Waals surface area contributed by atoms with Crippen molar-refractivity contribution in [2.24, 2.45) is 5.10 Å². The summed E-state index contributed by atoms with van der Waals surface area (Å²) in [6.45, 7) is 2.57. The van der Waals surface area contributed by atoms with Crippen LogP contribution in [-0.2, 0) is 0 Å². The Labute approximate surface area is 154 Å². The van der Waals surface area contributed by atoms with E-state index in [1.165, 1.54) is 23.5 Å². The van der Waals surface area contributed by atoms with Crippen molar-refractivity contribution in [1.29, 1.82) is 0 Å². The molecule has 0 atom stereocenters. The van der Waals surface area contributed by atoms with Crippen molar-refractivity contribution in [3.8, 4) is 17.0 Å². The lowest BCUT2D eigenvalue weighted by Crippen LogP contribution is -1.93. The number of thiazole rings is 1. The molecule has 8 heteroatoms. The van der Waals surface area contributed by atoms with Crippen LogP contribution >= 0.6 is 11.3 Å². The smallest absolute Gasteiger partial charge is 0.270 e. The SMILES string of the molecule is CCOc1ccc(C=NNc2nc(-c3cccc([N+](=O)[O-])c3)cs2)cc1. The van der Waals surface area contributed by atoms with E-state index < -0.39 is 4.92 Å². The molecular formula is C18H16N4O3S. The molecule has 7 nitrogen and oxygen atoms in total. The van der Waals surface area contributed by atoms with Crippen LogP contribution < -0.4 is 10.2 Å². The fraction of sp³-hybridized carbons (Fsp3) is 0.111. The van der Waals surface area contributed by atoms with Gasteiger partial charge in [-0.2, -0.15) is 5.10 Å². The first-order chi connectivity index (χ1) is 12.7. The van der Waals surface area contributed by atoms with E-state index in [2.05, 4.69) is 15.5 Å². The van der Waals surface area contributed by atoms with Gasteiger partial charge in [-0.1, -0.05) is 12.1 Å². The first-order valence-corrected chi connectivity index (χ1v) is 8.76. The lowest BCUT2D eigenvalue weighted by atomic mass is 10.1. The summed E-state index contributed by atoms with van der Waals surface area (Å²) < 4.78 is 5.39. The van der Waals surface area contributed by atoms with Crippen LogP contribution in [0.5, 0.6) is 5.75 Å². The molecule has 1 aromatic heterocycles. The van der Waals surface area contributed by atoms with Crippen LogP contribution in [0.15, 0.2) is 59.0 Å². The largest absolute Gasteiger partial charge is 0.494 e. The van der Waals surface area contributed by atoms with Crippen LogP contribution in [0.25, 0.3) is 11.3 Å². The van der Waals surface area contributed by atoms with Crippen molar-refractivity contribution in [3.05, 3.63) is 69.6 Å². The molecule has 1 heterocycles. The molecule has 0 aliphatic carbocycles. The van der Waals surface area contributed by atoms with E-state index in [1.807, 2.05) is 36.6 Å². The minimum Gasteiger partial charge on any atom is -0.494 e. The lowest BCUT2D eigenvalue weighted by molar-refractivity contribution is -0.384. The molecule has 3 aromatic rings. The summed E-state index contributed by atoms with van der Waals surface area (Å²) >= 11 is 1.38. The van der Waals surface area contributed by atoms with Gasteiger partial charge in [-0.15, -0.1) is 11.3 Å². The molecule has 3 rings (SSSR count). The number of ether oxygens (including phenoxy) is 1. The number of hydrogen-bond acceptors (Lipinski definition) is 7. The Balaban J connectivity index is 1.65. The molecule has 26 heavy (non-hydrogen) atoms. The molecule has 0 saturated heterocycles. The number of rotatable bonds is 7. The van der Waals surface area contributed by atoms with Crippen LogP contribution in [0.3, 0.4) is 0 Å². The van der Waals surface area contributed by atoms with Crippen LogP contribution in [0.2, 0.25) is 0 Å². The van der Waals surface area contributed by atoms with E-state index in [-0.39, 0.29) is 5.69 Å². The quantitative estimate of drug-likeness (QED) is 0.375. The standard InChI is InChI=1S/C18H16N4O3S/c1-2-25-16-8-6-13(7-9-16)11-19-21-18-20-17(12-26-18)14-4-3-5-15(10-14)22(23)24/h3-12H,2H2,1H3,(H,20,21). The summed E-state index contributed by atoms with van der Waals surface area (Å²) in [7, 11) is 0. The predicted molar refractivity (Wildman–Crippen MR) is 103 cm³/mol.